The van der Waals surface area contributed by atoms with Crippen LogP contribution in [0, 0.1) is 0 Å². The Morgan fingerprint density at radius 2 is 2.30 bits per heavy atom. The highest BCUT2D eigenvalue weighted by atomic mass is 32.1. The van der Waals surface area contributed by atoms with Crippen molar-refractivity contribution in [2.45, 2.75) is 26.4 Å². The molecule has 2 heterocycles. The number of nitrogens with one attached hydrogen (secondary N) is 1. The standard InChI is InChI=1S/C13H17N3O3S/c1-13(2,3)19-12(17)15-6-8-7-18-5-4-9-10(8)16-11(14)20-9/h4-5,7H,6H2,1-3H3,(H2,14,16)(H,15,17). The minimum atomic E-state index is -0.532. The monoisotopic (exact) mass is 295 g/mol. The van der Waals surface area contributed by atoms with Gasteiger partial charge in [0.15, 0.2) is 5.13 Å². The van der Waals surface area contributed by atoms with E-state index in [2.05, 4.69) is 10.3 Å². The van der Waals surface area contributed by atoms with E-state index in [0.29, 0.717) is 5.13 Å². The number of rotatable bonds is 2. The minimum absolute atomic E-state index is 0.257. The van der Waals surface area contributed by atoms with Crippen LogP contribution in [0.3, 0.4) is 0 Å². The zero-order valence-electron chi connectivity index (χ0n) is 11.6. The molecule has 1 aliphatic heterocycles. The van der Waals surface area contributed by atoms with Crippen molar-refractivity contribution in [3.63, 3.8) is 0 Å². The number of aromatic nitrogens is 1. The molecule has 7 heteroatoms. The normalized spacial score (nSPS) is 13.8. The molecule has 20 heavy (non-hydrogen) atoms. The van der Waals surface area contributed by atoms with Gasteiger partial charge in [-0.05, 0) is 26.8 Å². The molecule has 0 fully saturated rings. The molecule has 1 aromatic heterocycles. The number of alkyl carbamates (subject to hydrolysis) is 1. The highest BCUT2D eigenvalue weighted by Gasteiger charge is 2.19. The number of hydrogen-bond donors (Lipinski definition) is 2. The summed E-state index contributed by atoms with van der Waals surface area (Å²) < 4.78 is 10.4. The van der Waals surface area contributed by atoms with E-state index in [4.69, 9.17) is 15.2 Å². The molecule has 108 valence electrons. The third kappa shape index (κ3) is 3.74. The number of amides is 1. The Kier molecular flexibility index (Phi) is 3.99. The molecule has 6 nitrogen and oxygen atoms in total. The second-order valence-corrected chi connectivity index (χ2v) is 6.26. The van der Waals surface area contributed by atoms with Crippen LogP contribution in [0.15, 0.2) is 12.5 Å². The van der Waals surface area contributed by atoms with Crippen molar-refractivity contribution in [1.82, 2.24) is 10.3 Å². The van der Waals surface area contributed by atoms with Gasteiger partial charge in [0.1, 0.15) is 5.60 Å². The first-order valence-electron chi connectivity index (χ1n) is 6.10. The molecule has 1 amide bonds. The van der Waals surface area contributed by atoms with Crippen LogP contribution in [-0.2, 0) is 9.47 Å². The fourth-order valence-corrected chi connectivity index (χ4v) is 2.34. The van der Waals surface area contributed by atoms with E-state index >= 15 is 0 Å². The second-order valence-electron chi connectivity index (χ2n) is 5.20. The largest absolute Gasteiger partial charge is 0.472 e. The van der Waals surface area contributed by atoms with E-state index < -0.39 is 11.7 Å². The molecule has 0 unspecified atom stereocenters. The molecule has 0 aromatic carbocycles. The van der Waals surface area contributed by atoms with Gasteiger partial charge >= 0.3 is 6.09 Å². The number of carbonyl (C=O) groups is 1. The number of nitrogens with two attached hydrogens (primary N) is 1. The second kappa shape index (κ2) is 5.54. The number of anilines is 1. The number of nitrogens with zero attached hydrogens (tertiary/aromatic N) is 1. The van der Waals surface area contributed by atoms with Crippen LogP contribution in [0.1, 0.15) is 31.3 Å². The van der Waals surface area contributed by atoms with Crippen LogP contribution in [0.2, 0.25) is 0 Å². The van der Waals surface area contributed by atoms with E-state index in [0.717, 1.165) is 16.1 Å². The molecular weight excluding hydrogens is 278 g/mol. The van der Waals surface area contributed by atoms with Gasteiger partial charge in [-0.1, -0.05) is 11.3 Å². The predicted molar refractivity (Wildman–Crippen MR) is 78.9 cm³/mol. The Labute approximate surface area is 121 Å². The molecule has 0 bridgehead atoms. The van der Waals surface area contributed by atoms with Gasteiger partial charge in [0.05, 0.1) is 29.6 Å². The fourth-order valence-electron chi connectivity index (χ4n) is 1.58. The number of thiazole rings is 1. The lowest BCUT2D eigenvalue weighted by molar-refractivity contribution is 0.0535. The molecule has 2 rings (SSSR count). The zero-order chi connectivity index (χ0) is 14.8. The Hall–Kier alpha value is -2.02. The van der Waals surface area contributed by atoms with Gasteiger partial charge in [-0.2, -0.15) is 0 Å². The first-order valence-corrected chi connectivity index (χ1v) is 6.91. The van der Waals surface area contributed by atoms with Gasteiger partial charge in [-0.3, -0.25) is 0 Å². The van der Waals surface area contributed by atoms with Crippen molar-refractivity contribution >= 4 is 34.2 Å². The Balaban J connectivity index is 2.04. The number of hydrogen-bond acceptors (Lipinski definition) is 6. The summed E-state index contributed by atoms with van der Waals surface area (Å²) in [6.07, 6.45) is 4.40. The summed E-state index contributed by atoms with van der Waals surface area (Å²) in [5.74, 6) is 0. The van der Waals surface area contributed by atoms with Gasteiger partial charge in [0, 0.05) is 5.57 Å². The highest BCUT2D eigenvalue weighted by molar-refractivity contribution is 7.16. The lowest BCUT2D eigenvalue weighted by atomic mass is 10.2. The van der Waals surface area contributed by atoms with Gasteiger partial charge in [-0.25, -0.2) is 9.78 Å². The molecule has 0 saturated carbocycles. The van der Waals surface area contributed by atoms with Crippen LogP contribution in [0.4, 0.5) is 9.93 Å². The molecular formula is C13H17N3O3S. The number of fused-ring (bicyclic) bond motifs is 1. The Bertz CT molecular complexity index is 570. The first-order chi connectivity index (χ1) is 9.35. The van der Waals surface area contributed by atoms with Crippen molar-refractivity contribution in [1.29, 1.82) is 0 Å². The van der Waals surface area contributed by atoms with Crippen molar-refractivity contribution in [2.24, 2.45) is 0 Å². The number of nitrogen functional groups attached to an aromatic ring is 1. The maximum atomic E-state index is 11.6. The minimum Gasteiger partial charge on any atom is -0.472 e. The zero-order valence-corrected chi connectivity index (χ0v) is 12.4. The van der Waals surface area contributed by atoms with E-state index in [1.807, 2.05) is 20.8 Å². The molecule has 3 N–H and O–H groups in total. The van der Waals surface area contributed by atoms with Crippen molar-refractivity contribution < 1.29 is 14.3 Å². The predicted octanol–water partition coefficient (Wildman–Crippen LogP) is 2.59. The lowest BCUT2D eigenvalue weighted by Gasteiger charge is -2.19. The average Bonchev–Trinajstić information content (AvgIpc) is 2.57. The van der Waals surface area contributed by atoms with Gasteiger partial charge in [-0.15, -0.1) is 0 Å². The van der Waals surface area contributed by atoms with Crippen molar-refractivity contribution in [2.75, 3.05) is 12.3 Å². The summed E-state index contributed by atoms with van der Waals surface area (Å²) in [6, 6.07) is 0. The van der Waals surface area contributed by atoms with Crippen LogP contribution in [-0.4, -0.2) is 23.2 Å². The molecule has 1 aromatic rings. The third-order valence-corrected chi connectivity index (χ3v) is 3.15. The molecule has 0 atom stereocenters. The summed E-state index contributed by atoms with van der Waals surface area (Å²) in [6.45, 7) is 5.68. The maximum absolute atomic E-state index is 11.6. The smallest absolute Gasteiger partial charge is 0.407 e. The quantitative estimate of drug-likeness (QED) is 0.875. The van der Waals surface area contributed by atoms with Crippen LogP contribution < -0.4 is 11.1 Å². The summed E-state index contributed by atoms with van der Waals surface area (Å²) in [5.41, 5.74) is 6.63. The van der Waals surface area contributed by atoms with Gasteiger partial charge in [0.25, 0.3) is 0 Å². The number of ether oxygens (including phenoxy) is 2. The molecule has 0 aliphatic carbocycles. The average molecular weight is 295 g/mol. The SMILES string of the molecule is CC(C)(C)OC(=O)NCC1=COC=Cc2sc(N)nc21. The van der Waals surface area contributed by atoms with Gasteiger partial charge in [0.2, 0.25) is 0 Å². The highest BCUT2D eigenvalue weighted by Crippen LogP contribution is 2.29. The molecule has 0 radical (unpaired) electrons. The van der Waals surface area contributed by atoms with E-state index in [9.17, 15) is 4.79 Å². The lowest BCUT2D eigenvalue weighted by Crippen LogP contribution is -2.33. The molecule has 1 aliphatic rings. The third-order valence-electron chi connectivity index (χ3n) is 2.30. The van der Waals surface area contributed by atoms with Crippen molar-refractivity contribution in [3.05, 3.63) is 23.1 Å². The van der Waals surface area contributed by atoms with E-state index in [-0.39, 0.29) is 6.54 Å². The summed E-state index contributed by atoms with van der Waals surface area (Å²) >= 11 is 1.37. The topological polar surface area (TPSA) is 86.5 Å². The number of carbonyl (C=O) groups excluding carboxylic acids is 1. The summed E-state index contributed by atoms with van der Waals surface area (Å²) in [4.78, 5) is 16.8. The fraction of sp³-hybridized carbons (Fsp3) is 0.385. The van der Waals surface area contributed by atoms with E-state index in [1.165, 1.54) is 11.3 Å². The first kappa shape index (κ1) is 14.4. The molecule has 0 saturated heterocycles. The summed E-state index contributed by atoms with van der Waals surface area (Å²) in [5, 5.41) is 3.15. The van der Waals surface area contributed by atoms with E-state index in [1.54, 1.807) is 18.6 Å². The Morgan fingerprint density at radius 3 is 3.00 bits per heavy atom. The van der Waals surface area contributed by atoms with Crippen LogP contribution in [0.5, 0.6) is 0 Å². The maximum Gasteiger partial charge on any atom is 0.407 e. The van der Waals surface area contributed by atoms with Crippen molar-refractivity contribution in [3.8, 4) is 0 Å². The molecule has 0 spiro atoms. The summed E-state index contributed by atoms with van der Waals surface area (Å²) in [7, 11) is 0. The van der Waals surface area contributed by atoms with Crippen LogP contribution >= 0.6 is 11.3 Å². The van der Waals surface area contributed by atoms with Crippen LogP contribution in [0.25, 0.3) is 11.6 Å². The van der Waals surface area contributed by atoms with Gasteiger partial charge < -0.3 is 20.5 Å². The Morgan fingerprint density at radius 1 is 1.55 bits per heavy atom.